The highest BCUT2D eigenvalue weighted by Crippen LogP contribution is 2.19. The molecule has 3 heterocycles. The van der Waals surface area contributed by atoms with Gasteiger partial charge in [0.2, 0.25) is 11.8 Å². The Morgan fingerprint density at radius 2 is 1.69 bits per heavy atom. The van der Waals surface area contributed by atoms with Crippen molar-refractivity contribution < 1.29 is 9.59 Å². The van der Waals surface area contributed by atoms with Crippen molar-refractivity contribution in [3.63, 3.8) is 0 Å². The van der Waals surface area contributed by atoms with Gasteiger partial charge in [-0.05, 0) is 43.9 Å². The van der Waals surface area contributed by atoms with Crippen molar-refractivity contribution in [1.82, 2.24) is 14.5 Å². The van der Waals surface area contributed by atoms with E-state index >= 15 is 0 Å². The number of aryl methyl sites for hydroxylation is 1. The molecule has 1 saturated heterocycles. The van der Waals surface area contributed by atoms with Crippen LogP contribution < -0.4 is 10.9 Å². The molecule has 0 unspecified atom stereocenters. The minimum absolute atomic E-state index is 0.0522. The second kappa shape index (κ2) is 8.76. The lowest BCUT2D eigenvalue weighted by Gasteiger charge is -2.20. The third kappa shape index (κ3) is 4.49. The Morgan fingerprint density at radius 1 is 0.966 bits per heavy atom. The number of nitrogens with zero attached hydrogens (tertiary/aromatic N) is 3. The van der Waals surface area contributed by atoms with E-state index in [1.165, 1.54) is 0 Å². The van der Waals surface area contributed by atoms with Crippen LogP contribution in [0.1, 0.15) is 57.2 Å². The summed E-state index contributed by atoms with van der Waals surface area (Å²) >= 11 is 0. The van der Waals surface area contributed by atoms with Gasteiger partial charge in [0.1, 0.15) is 12.2 Å². The van der Waals surface area contributed by atoms with Crippen LogP contribution in [0.15, 0.2) is 23.0 Å². The van der Waals surface area contributed by atoms with Gasteiger partial charge >= 0.3 is 0 Å². The van der Waals surface area contributed by atoms with E-state index in [2.05, 4.69) is 10.3 Å². The van der Waals surface area contributed by atoms with Gasteiger partial charge in [-0.3, -0.25) is 19.0 Å². The molecule has 4 rings (SSSR count). The Morgan fingerprint density at radius 3 is 2.48 bits per heavy atom. The number of carbonyl (C=O) groups is 2. The van der Waals surface area contributed by atoms with Crippen molar-refractivity contribution in [3.8, 4) is 0 Å². The van der Waals surface area contributed by atoms with Crippen LogP contribution in [0.25, 0.3) is 10.9 Å². The lowest BCUT2D eigenvalue weighted by Crippen LogP contribution is -2.34. The molecule has 1 aromatic heterocycles. The normalized spacial score (nSPS) is 17.3. The molecule has 0 atom stereocenters. The van der Waals surface area contributed by atoms with Crippen LogP contribution in [0.3, 0.4) is 0 Å². The van der Waals surface area contributed by atoms with Gasteiger partial charge < -0.3 is 10.2 Å². The highest BCUT2D eigenvalue weighted by atomic mass is 16.2. The summed E-state index contributed by atoms with van der Waals surface area (Å²) < 4.78 is 1.77. The molecule has 2 aromatic rings. The van der Waals surface area contributed by atoms with Gasteiger partial charge in [-0.25, -0.2) is 4.98 Å². The largest absolute Gasteiger partial charge is 0.342 e. The first-order chi connectivity index (χ1) is 14.1. The van der Waals surface area contributed by atoms with Crippen LogP contribution in [0.4, 0.5) is 5.69 Å². The van der Waals surface area contributed by atoms with E-state index in [4.69, 9.17) is 0 Å². The van der Waals surface area contributed by atoms with Crippen molar-refractivity contribution >= 4 is 28.4 Å². The van der Waals surface area contributed by atoms with Crippen molar-refractivity contribution in [3.05, 3.63) is 34.4 Å². The molecule has 1 fully saturated rings. The first-order valence-electron chi connectivity index (χ1n) is 10.7. The van der Waals surface area contributed by atoms with Gasteiger partial charge in [0.05, 0.1) is 10.9 Å². The average Bonchev–Trinajstić information content (AvgIpc) is 3.11. The van der Waals surface area contributed by atoms with E-state index in [1.54, 1.807) is 27.7 Å². The Bertz CT molecular complexity index is 974. The minimum atomic E-state index is -0.346. The standard InChI is InChI=1S/C22H28N4O3/c27-20(15-21(28)25-11-5-1-2-6-12-25)23-16-9-10-18-17(14-16)22(29)26-13-7-3-4-8-19(26)24-18/h9-10,14H,1-8,11-13,15H2,(H,23,27). The quantitative estimate of drug-likeness (QED) is 0.809. The van der Waals surface area contributed by atoms with Gasteiger partial charge in [0.15, 0.2) is 0 Å². The Kier molecular flexibility index (Phi) is 5.92. The predicted octanol–water partition coefficient (Wildman–Crippen LogP) is 2.85. The zero-order valence-corrected chi connectivity index (χ0v) is 16.8. The summed E-state index contributed by atoms with van der Waals surface area (Å²) in [6.45, 7) is 2.16. The van der Waals surface area contributed by atoms with Crippen molar-refractivity contribution in [2.45, 2.75) is 64.3 Å². The third-order valence-electron chi connectivity index (χ3n) is 5.87. The van der Waals surface area contributed by atoms with Crippen LogP contribution >= 0.6 is 0 Å². The van der Waals surface area contributed by atoms with Crippen molar-refractivity contribution in [1.29, 1.82) is 0 Å². The molecule has 0 bridgehead atoms. The second-order valence-corrected chi connectivity index (χ2v) is 8.05. The molecule has 2 aliphatic heterocycles. The zero-order chi connectivity index (χ0) is 20.2. The molecule has 2 aliphatic rings. The van der Waals surface area contributed by atoms with Gasteiger partial charge in [-0.15, -0.1) is 0 Å². The summed E-state index contributed by atoms with van der Waals surface area (Å²) in [6, 6.07) is 5.20. The molecule has 1 aromatic carbocycles. The number of hydrogen-bond donors (Lipinski definition) is 1. The second-order valence-electron chi connectivity index (χ2n) is 8.05. The molecule has 0 spiro atoms. The Labute approximate surface area is 170 Å². The average molecular weight is 396 g/mol. The van der Waals surface area contributed by atoms with E-state index in [0.717, 1.165) is 70.3 Å². The molecule has 7 heteroatoms. The number of benzene rings is 1. The fourth-order valence-electron chi connectivity index (χ4n) is 4.27. The monoisotopic (exact) mass is 396 g/mol. The number of aromatic nitrogens is 2. The first kappa shape index (κ1) is 19.6. The van der Waals surface area contributed by atoms with E-state index in [9.17, 15) is 14.4 Å². The number of carbonyl (C=O) groups excluding carboxylic acids is 2. The van der Waals surface area contributed by atoms with Gasteiger partial charge in [0, 0.05) is 31.7 Å². The maximum Gasteiger partial charge on any atom is 0.261 e. The summed E-state index contributed by atoms with van der Waals surface area (Å²) in [5.74, 6) is 0.374. The fourth-order valence-corrected chi connectivity index (χ4v) is 4.27. The van der Waals surface area contributed by atoms with Crippen LogP contribution in [0.5, 0.6) is 0 Å². The van der Waals surface area contributed by atoms with Crippen molar-refractivity contribution in [2.75, 3.05) is 18.4 Å². The van der Waals surface area contributed by atoms with Crippen LogP contribution in [-0.2, 0) is 22.6 Å². The lowest BCUT2D eigenvalue weighted by atomic mass is 10.2. The molecular weight excluding hydrogens is 368 g/mol. The summed E-state index contributed by atoms with van der Waals surface area (Å²) in [4.78, 5) is 44.2. The minimum Gasteiger partial charge on any atom is -0.342 e. The van der Waals surface area contributed by atoms with Gasteiger partial charge in [0.25, 0.3) is 5.56 Å². The van der Waals surface area contributed by atoms with Crippen LogP contribution in [-0.4, -0.2) is 39.4 Å². The topological polar surface area (TPSA) is 84.3 Å². The first-order valence-corrected chi connectivity index (χ1v) is 10.7. The number of likely N-dealkylation sites (tertiary alicyclic amines) is 1. The summed E-state index contributed by atoms with van der Waals surface area (Å²) in [5, 5.41) is 3.28. The zero-order valence-electron chi connectivity index (χ0n) is 16.8. The highest BCUT2D eigenvalue weighted by Gasteiger charge is 2.19. The lowest BCUT2D eigenvalue weighted by molar-refractivity contribution is -0.134. The maximum absolute atomic E-state index is 12.9. The van der Waals surface area contributed by atoms with Crippen LogP contribution in [0.2, 0.25) is 0 Å². The number of anilines is 1. The Hall–Kier alpha value is -2.70. The molecule has 0 radical (unpaired) electrons. The van der Waals surface area contributed by atoms with Crippen molar-refractivity contribution in [2.24, 2.45) is 0 Å². The van der Waals surface area contributed by atoms with Crippen LogP contribution in [0, 0.1) is 0 Å². The smallest absolute Gasteiger partial charge is 0.261 e. The van der Waals surface area contributed by atoms with E-state index in [-0.39, 0.29) is 23.8 Å². The highest BCUT2D eigenvalue weighted by molar-refractivity contribution is 6.04. The number of nitrogens with one attached hydrogen (secondary N) is 1. The number of fused-ring (bicyclic) bond motifs is 2. The van der Waals surface area contributed by atoms with Gasteiger partial charge in [-0.1, -0.05) is 19.3 Å². The summed E-state index contributed by atoms with van der Waals surface area (Å²) in [6.07, 6.45) is 8.07. The maximum atomic E-state index is 12.9. The van der Waals surface area contributed by atoms with E-state index in [1.807, 2.05) is 0 Å². The number of amides is 2. The summed E-state index contributed by atoms with van der Waals surface area (Å²) in [7, 11) is 0. The molecule has 1 N–H and O–H groups in total. The number of rotatable bonds is 3. The molecule has 7 nitrogen and oxygen atoms in total. The van der Waals surface area contributed by atoms with Gasteiger partial charge in [-0.2, -0.15) is 0 Å². The fraction of sp³-hybridized carbons (Fsp3) is 0.545. The molecule has 154 valence electrons. The molecular formula is C22H28N4O3. The SMILES string of the molecule is O=C(CC(=O)N1CCCCCC1)Nc1ccc2nc3n(c(=O)c2c1)CCCCC3. The molecule has 0 aliphatic carbocycles. The molecule has 29 heavy (non-hydrogen) atoms. The predicted molar refractivity (Wildman–Crippen MR) is 112 cm³/mol. The van der Waals surface area contributed by atoms with E-state index in [0.29, 0.717) is 23.1 Å². The molecule has 2 amide bonds. The Balaban J connectivity index is 1.49. The third-order valence-corrected chi connectivity index (χ3v) is 5.87. The summed E-state index contributed by atoms with van der Waals surface area (Å²) in [5.41, 5.74) is 1.13. The molecule has 0 saturated carbocycles. The number of hydrogen-bond acceptors (Lipinski definition) is 4. The van der Waals surface area contributed by atoms with E-state index < -0.39 is 0 Å².